The van der Waals surface area contributed by atoms with Gasteiger partial charge in [0.25, 0.3) is 0 Å². The molecule has 0 saturated heterocycles. The number of phosphoric acid groups is 1. The van der Waals surface area contributed by atoms with Crippen LogP contribution in [0.4, 0.5) is 0 Å². The van der Waals surface area contributed by atoms with Crippen LogP contribution in [-0.2, 0) is 50.8 Å². The summed E-state index contributed by atoms with van der Waals surface area (Å²) in [7, 11) is -4.10. The Bertz CT molecular complexity index is 84.6. The normalized spacial score (nSPS) is 7.78. The van der Waals surface area contributed by atoms with Crippen molar-refractivity contribution in [3.8, 4) is 0 Å². The molecule has 0 heterocycles. The first kappa shape index (κ1) is 22.6. The Balaban J connectivity index is -0.0000000417. The van der Waals surface area contributed by atoms with Gasteiger partial charge in [-0.05, 0) is 0 Å². The average molecular weight is 364 g/mol. The van der Waals surface area contributed by atoms with Crippen LogP contribution in [0.1, 0.15) is 0 Å². The summed E-state index contributed by atoms with van der Waals surface area (Å²) in [5.41, 5.74) is 0. The molecule has 0 rings (SSSR count). The van der Waals surface area contributed by atoms with E-state index in [9.17, 15) is 4.57 Å². The molecule has 0 spiro atoms. The zero-order valence-electron chi connectivity index (χ0n) is 3.11. The van der Waals surface area contributed by atoms with Crippen LogP contribution in [0.3, 0.4) is 0 Å². The summed E-state index contributed by atoms with van der Waals surface area (Å²) in [6, 6.07) is 0. The van der Waals surface area contributed by atoms with E-state index in [1.165, 1.54) is 0 Å². The van der Waals surface area contributed by atoms with Gasteiger partial charge in [-0.1, -0.05) is 0 Å². The first-order valence-corrected chi connectivity index (χ1v) is 3.79. The molecule has 0 aliphatic carbocycles. The molecule has 0 radical (unpaired) electrons. The van der Waals surface area contributed by atoms with Gasteiger partial charge in [-0.2, -0.15) is 0 Å². The van der Waals surface area contributed by atoms with Crippen molar-refractivity contribution in [1.82, 2.24) is 0 Å². The van der Waals surface area contributed by atoms with Crippen LogP contribution in [0.15, 0.2) is 0 Å². The van der Waals surface area contributed by atoms with Crippen LogP contribution in [-0.4, -0.2) is 46.0 Å². The Morgan fingerprint density at radius 3 is 1.56 bits per heavy atom. The monoisotopic (exact) mass is 364 g/mol. The van der Waals surface area contributed by atoms with Gasteiger partial charge >= 0.3 is 65.5 Å². The molecule has 0 aromatic carbocycles. The summed E-state index contributed by atoms with van der Waals surface area (Å²) < 4.78 is 13.2. The van der Waals surface area contributed by atoms with Crippen molar-refractivity contribution >= 4 is 44.0 Å². The summed E-state index contributed by atoms with van der Waals surface area (Å²) in [5, 5.41) is 0. The topological polar surface area (TPSA) is 66.8 Å². The molecule has 0 atom stereocenters. The van der Waals surface area contributed by atoms with E-state index in [0.717, 1.165) is 0 Å². The molecule has 0 amide bonds. The molecule has 9 heavy (non-hydrogen) atoms. The van der Waals surface area contributed by atoms with Gasteiger partial charge in [-0.15, -0.1) is 0 Å². The van der Waals surface area contributed by atoms with E-state index in [-0.39, 0.29) is 79.4 Å². The van der Waals surface area contributed by atoms with E-state index < -0.39 is 7.82 Å². The van der Waals surface area contributed by atoms with E-state index in [1.807, 2.05) is 0 Å². The Morgan fingerprint density at radius 2 is 1.56 bits per heavy atom. The second kappa shape index (κ2) is 10.7. The minimum absolute atomic E-state index is 0. The third-order valence-corrected chi connectivity index (χ3v) is 2.61. The minimum atomic E-state index is -4.10. The predicted molar refractivity (Wildman–Crippen MR) is 30.2 cm³/mol. The van der Waals surface area contributed by atoms with Crippen molar-refractivity contribution in [3.05, 3.63) is 0 Å². The molecular weight excluding hydrogens is 358 g/mol. The maximum atomic E-state index is 9.50. The zero-order valence-corrected chi connectivity index (χ0v) is 8.77. The van der Waals surface area contributed by atoms with Gasteiger partial charge in [0.1, 0.15) is 0 Å². The molecule has 2 N–H and O–H groups in total. The standard InChI is InChI=1S/Al.Li.H3O4P.Ta.Ti.4H/c;;1-5(2,3)4;;;;;;/h;;(H3,1,2,3,4);;;;;;/q;;;+1;;;;;/p-1. The molecule has 0 aliphatic rings. The Labute approximate surface area is 103 Å². The van der Waals surface area contributed by atoms with Crippen LogP contribution < -0.4 is 0 Å². The number of hydrogen-bond acceptors (Lipinski definition) is 2. The van der Waals surface area contributed by atoms with E-state index in [1.54, 1.807) is 0 Å². The molecule has 9 heteroatoms. The van der Waals surface area contributed by atoms with Gasteiger partial charge in [0.2, 0.25) is 0 Å². The Kier molecular flexibility index (Phi) is 26.8. The molecule has 0 bridgehead atoms. The van der Waals surface area contributed by atoms with E-state index >= 15 is 0 Å². The van der Waals surface area contributed by atoms with Crippen molar-refractivity contribution in [2.75, 3.05) is 0 Å². The quantitative estimate of drug-likeness (QED) is 0.407. The van der Waals surface area contributed by atoms with Crippen LogP contribution in [0.2, 0.25) is 0 Å². The van der Waals surface area contributed by atoms with E-state index in [0.29, 0.717) is 0 Å². The van der Waals surface area contributed by atoms with Crippen molar-refractivity contribution in [3.63, 3.8) is 0 Å². The predicted octanol–water partition coefficient (Wildman–Crippen LogP) is -2.28. The molecule has 0 unspecified atom stereocenters. The van der Waals surface area contributed by atoms with Crippen LogP contribution in [0.25, 0.3) is 0 Å². The molecule has 0 aromatic rings. The van der Waals surface area contributed by atoms with Crippen LogP contribution in [0, 0.1) is 0 Å². The minimum Gasteiger partial charge on any atom is 0 e. The fraction of sp³-hybridized carbons (Fsp3) is 0. The zero-order chi connectivity index (χ0) is 5.21. The van der Waals surface area contributed by atoms with Crippen molar-refractivity contribution < 1.29 is 60.6 Å². The SMILES string of the molecule is O=P(O)(O)[O][Ta].[AlH3].[LiH].[Ti]. The number of rotatable bonds is 1. The van der Waals surface area contributed by atoms with Crippen molar-refractivity contribution in [1.29, 1.82) is 0 Å². The summed E-state index contributed by atoms with van der Waals surface area (Å²) in [4.78, 5) is 15.5. The van der Waals surface area contributed by atoms with Gasteiger partial charge in [0, 0.05) is 21.7 Å². The van der Waals surface area contributed by atoms with Gasteiger partial charge in [-0.25, -0.2) is 0 Å². The summed E-state index contributed by atoms with van der Waals surface area (Å²) in [5.74, 6) is 0. The Morgan fingerprint density at radius 1 is 1.44 bits per heavy atom. The summed E-state index contributed by atoms with van der Waals surface area (Å²) in [6.07, 6.45) is 0. The van der Waals surface area contributed by atoms with Gasteiger partial charge < -0.3 is 0 Å². The third kappa shape index (κ3) is 24.9. The fourth-order valence-corrected chi connectivity index (χ4v) is 0. The molecule has 0 fully saturated rings. The third-order valence-electron chi connectivity index (χ3n) is 0.106. The van der Waals surface area contributed by atoms with Gasteiger partial charge in [0.15, 0.2) is 17.4 Å². The Hall–Kier alpha value is 2.69. The summed E-state index contributed by atoms with van der Waals surface area (Å²) in [6.45, 7) is 0. The van der Waals surface area contributed by atoms with Crippen LogP contribution >= 0.6 is 7.82 Å². The summed E-state index contributed by atoms with van der Waals surface area (Å²) >= 11 is 0.257. The molecule has 0 saturated carbocycles. The van der Waals surface area contributed by atoms with E-state index in [2.05, 4.69) is 3.03 Å². The first-order valence-electron chi connectivity index (χ1n) is 0.948. The maximum Gasteiger partial charge on any atom is 0 e. The second-order valence-electron chi connectivity index (χ2n) is 0.572. The molecule has 4 nitrogen and oxygen atoms in total. The smallest absolute Gasteiger partial charge is 0 e. The van der Waals surface area contributed by atoms with Gasteiger partial charge in [0.05, 0.1) is 0 Å². The van der Waals surface area contributed by atoms with Crippen molar-refractivity contribution in [2.24, 2.45) is 0 Å². The molecular formula is H6AlLiO4PTaTi. The van der Waals surface area contributed by atoms with Gasteiger partial charge in [-0.3, -0.25) is 0 Å². The average Bonchev–Trinajstić information content (AvgIpc) is 1.35. The first-order chi connectivity index (χ1) is 2.56. The van der Waals surface area contributed by atoms with Crippen molar-refractivity contribution in [2.45, 2.75) is 0 Å². The molecule has 0 aliphatic heterocycles. The largest absolute Gasteiger partial charge is 0 e. The molecule has 48 valence electrons. The van der Waals surface area contributed by atoms with Crippen LogP contribution in [0.5, 0.6) is 0 Å². The number of hydrogen-bond donors (Lipinski definition) is 2. The van der Waals surface area contributed by atoms with E-state index in [4.69, 9.17) is 9.79 Å². The fourth-order valence-electron chi connectivity index (χ4n) is 0. The second-order valence-corrected chi connectivity index (χ2v) is 3.48. The molecule has 0 aromatic heterocycles. The maximum absolute atomic E-state index is 9.50.